The van der Waals surface area contributed by atoms with Crippen LogP contribution in [0.25, 0.3) is 0 Å². The van der Waals surface area contributed by atoms with E-state index in [9.17, 15) is 24.3 Å². The zero-order valence-electron chi connectivity index (χ0n) is 29.7. The van der Waals surface area contributed by atoms with E-state index in [4.69, 9.17) is 14.2 Å². The van der Waals surface area contributed by atoms with E-state index in [0.717, 1.165) is 6.42 Å². The predicted molar refractivity (Wildman–Crippen MR) is 183 cm³/mol. The Bertz CT molecular complexity index is 1440. The Morgan fingerprint density at radius 1 is 1.02 bits per heavy atom. The van der Waals surface area contributed by atoms with E-state index in [-0.39, 0.29) is 49.3 Å². The maximum atomic E-state index is 14.9. The molecule has 4 heterocycles. The number of rotatable bonds is 9. The standard InChI is InChI=1S/C38H53N3O8/c1-36(2,3)24-37(4,5)41-21-14-19-38-30(33(44)40(20-12-13-22-42)32(38)34(41)45)29-27(49-38)17-10-11-18-28(43)39-26(23-47-6)31(48-35(29)46)25-15-8-7-9-16-25/h7-10,14-17,19,26-27,29-32,42H,11-13,18,20-24H2,1-6H3,(H,39,43)/b17-10-/t26-,27-,29+,30+,31-,32-,38+/m1/s1. The van der Waals surface area contributed by atoms with Crippen LogP contribution in [-0.4, -0.2) is 101 Å². The lowest BCUT2D eigenvalue weighted by molar-refractivity contribution is -0.162. The van der Waals surface area contributed by atoms with Crippen LogP contribution in [0.4, 0.5) is 0 Å². The summed E-state index contributed by atoms with van der Waals surface area (Å²) in [4.78, 5) is 60.5. The molecule has 0 aliphatic carbocycles. The summed E-state index contributed by atoms with van der Waals surface area (Å²) < 4.78 is 18.6. The molecule has 0 bridgehead atoms. The topological polar surface area (TPSA) is 135 Å². The van der Waals surface area contributed by atoms with E-state index in [1.807, 2.05) is 61.2 Å². The Hall–Kier alpha value is -3.54. The van der Waals surface area contributed by atoms with Crippen molar-refractivity contribution in [3.05, 3.63) is 60.2 Å². The van der Waals surface area contributed by atoms with E-state index in [0.29, 0.717) is 31.4 Å². The van der Waals surface area contributed by atoms with E-state index >= 15 is 0 Å². The van der Waals surface area contributed by atoms with Gasteiger partial charge in [0.15, 0.2) is 0 Å². The average molecular weight is 680 g/mol. The lowest BCUT2D eigenvalue weighted by Crippen LogP contribution is -2.59. The highest BCUT2D eigenvalue weighted by Crippen LogP contribution is 2.54. The third kappa shape index (κ3) is 7.49. The van der Waals surface area contributed by atoms with Gasteiger partial charge in [-0.3, -0.25) is 19.2 Å². The highest BCUT2D eigenvalue weighted by molar-refractivity contribution is 5.99. The summed E-state index contributed by atoms with van der Waals surface area (Å²) in [6, 6.07) is 7.45. The number of hydrogen-bond donors (Lipinski definition) is 2. The zero-order chi connectivity index (χ0) is 35.6. The molecule has 5 rings (SSSR count). The molecule has 2 saturated heterocycles. The highest BCUT2D eigenvalue weighted by atomic mass is 16.6. The Kier molecular flexibility index (Phi) is 11.1. The van der Waals surface area contributed by atoms with Gasteiger partial charge < -0.3 is 34.4 Å². The number of hydrogen-bond acceptors (Lipinski definition) is 8. The monoisotopic (exact) mass is 679 g/mol. The Labute approximate surface area is 290 Å². The van der Waals surface area contributed by atoms with Crippen LogP contribution < -0.4 is 5.32 Å². The average Bonchev–Trinajstić information content (AvgIpc) is 3.40. The van der Waals surface area contributed by atoms with E-state index in [2.05, 4.69) is 26.1 Å². The molecule has 11 heteroatoms. The van der Waals surface area contributed by atoms with Crippen LogP contribution >= 0.6 is 0 Å². The first-order valence-electron chi connectivity index (χ1n) is 17.5. The van der Waals surface area contributed by atoms with Crippen molar-refractivity contribution in [2.45, 2.75) is 102 Å². The lowest BCUT2D eigenvalue weighted by atomic mass is 9.77. The molecule has 3 amide bonds. The van der Waals surface area contributed by atoms with Crippen LogP contribution in [0.5, 0.6) is 0 Å². The molecule has 4 aliphatic heterocycles. The number of likely N-dealkylation sites (tertiary alicyclic amines) is 1. The predicted octanol–water partition coefficient (Wildman–Crippen LogP) is 3.72. The van der Waals surface area contributed by atoms with Gasteiger partial charge in [-0.15, -0.1) is 0 Å². The van der Waals surface area contributed by atoms with Crippen molar-refractivity contribution in [2.24, 2.45) is 17.3 Å². The number of aliphatic hydroxyl groups is 1. The quantitative estimate of drug-likeness (QED) is 0.229. The Morgan fingerprint density at radius 2 is 1.76 bits per heavy atom. The van der Waals surface area contributed by atoms with Crippen LogP contribution in [0.2, 0.25) is 0 Å². The van der Waals surface area contributed by atoms with Crippen molar-refractivity contribution >= 4 is 23.7 Å². The normalized spacial score (nSPS) is 31.6. The number of carbonyl (C=O) groups is 4. The zero-order valence-corrected chi connectivity index (χ0v) is 29.7. The number of allylic oxidation sites excluding steroid dienone is 1. The summed E-state index contributed by atoms with van der Waals surface area (Å²) in [5, 5.41) is 12.6. The fourth-order valence-corrected chi connectivity index (χ4v) is 8.46. The second kappa shape index (κ2) is 14.7. The fraction of sp³-hybridized carbons (Fsp3) is 0.632. The molecule has 268 valence electrons. The smallest absolute Gasteiger partial charge is 0.313 e. The molecule has 1 aromatic carbocycles. The summed E-state index contributed by atoms with van der Waals surface area (Å²) >= 11 is 0. The Morgan fingerprint density at radius 3 is 2.43 bits per heavy atom. The van der Waals surface area contributed by atoms with Crippen molar-refractivity contribution in [3.63, 3.8) is 0 Å². The summed E-state index contributed by atoms with van der Waals surface area (Å²) in [7, 11) is 1.52. The molecule has 0 aromatic heterocycles. The number of aliphatic hydroxyl groups excluding tert-OH is 1. The van der Waals surface area contributed by atoms with Gasteiger partial charge in [0.2, 0.25) is 17.7 Å². The number of esters is 1. The van der Waals surface area contributed by atoms with E-state index < -0.39 is 53.2 Å². The summed E-state index contributed by atoms with van der Waals surface area (Å²) in [5.74, 6) is -3.54. The molecule has 4 aliphatic rings. The molecule has 2 N–H and O–H groups in total. The number of methoxy groups -OCH3 is 1. The number of amides is 3. The van der Waals surface area contributed by atoms with Gasteiger partial charge in [-0.2, -0.15) is 0 Å². The molecule has 0 radical (unpaired) electrons. The van der Waals surface area contributed by atoms with Gasteiger partial charge >= 0.3 is 5.97 Å². The van der Waals surface area contributed by atoms with Crippen LogP contribution in [0.3, 0.4) is 0 Å². The van der Waals surface area contributed by atoms with Gasteiger partial charge in [0.05, 0.1) is 24.7 Å². The summed E-state index contributed by atoms with van der Waals surface area (Å²) in [5.41, 5.74) is -1.39. The number of nitrogens with zero attached hydrogens (tertiary/aromatic N) is 2. The molecule has 2 fully saturated rings. The third-order valence-corrected chi connectivity index (χ3v) is 10.1. The minimum atomic E-state index is -1.43. The van der Waals surface area contributed by atoms with Crippen LogP contribution in [0, 0.1) is 17.3 Å². The molecule has 11 nitrogen and oxygen atoms in total. The van der Waals surface area contributed by atoms with Crippen molar-refractivity contribution in [1.29, 1.82) is 0 Å². The second-order valence-electron chi connectivity index (χ2n) is 15.6. The molecular weight excluding hydrogens is 626 g/mol. The molecule has 0 saturated carbocycles. The number of ether oxygens (including phenoxy) is 3. The number of unbranched alkanes of at least 4 members (excludes halogenated alkanes) is 1. The third-order valence-electron chi connectivity index (χ3n) is 10.1. The Balaban J connectivity index is 1.60. The van der Waals surface area contributed by atoms with Gasteiger partial charge in [-0.1, -0.05) is 75.4 Å². The van der Waals surface area contributed by atoms with Gasteiger partial charge in [0, 0.05) is 38.8 Å². The van der Waals surface area contributed by atoms with Crippen LogP contribution in [0.15, 0.2) is 54.6 Å². The first-order valence-corrected chi connectivity index (χ1v) is 17.5. The van der Waals surface area contributed by atoms with Crippen molar-refractivity contribution in [2.75, 3.05) is 33.4 Å². The first-order chi connectivity index (χ1) is 23.2. The molecule has 7 atom stereocenters. The van der Waals surface area contributed by atoms with Crippen molar-refractivity contribution in [1.82, 2.24) is 15.1 Å². The second-order valence-corrected chi connectivity index (χ2v) is 15.6. The van der Waals surface area contributed by atoms with E-state index in [1.54, 1.807) is 17.1 Å². The van der Waals surface area contributed by atoms with Crippen molar-refractivity contribution < 1.29 is 38.5 Å². The molecule has 49 heavy (non-hydrogen) atoms. The largest absolute Gasteiger partial charge is 0.455 e. The number of carbonyl (C=O) groups excluding carboxylic acids is 4. The van der Waals surface area contributed by atoms with Gasteiger partial charge in [0.1, 0.15) is 23.7 Å². The summed E-state index contributed by atoms with van der Waals surface area (Å²) in [6.07, 6.45) is 7.70. The number of nitrogens with one attached hydrogen (secondary N) is 1. The van der Waals surface area contributed by atoms with Gasteiger partial charge in [-0.05, 0) is 50.5 Å². The summed E-state index contributed by atoms with van der Waals surface area (Å²) in [6.45, 7) is 11.1. The maximum Gasteiger partial charge on any atom is 0.313 e. The molecule has 0 unspecified atom stereocenters. The number of fused-ring (bicyclic) bond motifs is 2. The molecule has 1 spiro atoms. The van der Waals surface area contributed by atoms with Crippen LogP contribution in [0.1, 0.15) is 78.4 Å². The minimum absolute atomic E-state index is 0.0434. The fourth-order valence-electron chi connectivity index (χ4n) is 8.46. The van der Waals surface area contributed by atoms with Gasteiger partial charge in [0.25, 0.3) is 0 Å². The highest BCUT2D eigenvalue weighted by Gasteiger charge is 2.72. The maximum absolute atomic E-state index is 14.9. The molecular formula is C38H53N3O8. The van der Waals surface area contributed by atoms with Crippen molar-refractivity contribution in [3.8, 4) is 0 Å². The van der Waals surface area contributed by atoms with E-state index in [1.165, 1.54) is 7.11 Å². The van der Waals surface area contributed by atoms with Crippen LogP contribution in [-0.2, 0) is 33.4 Å². The number of benzene rings is 1. The minimum Gasteiger partial charge on any atom is -0.455 e. The number of cyclic esters (lactones) is 1. The van der Waals surface area contributed by atoms with Gasteiger partial charge in [-0.25, -0.2) is 0 Å². The molecule has 1 aromatic rings. The lowest BCUT2D eigenvalue weighted by Gasteiger charge is -2.44. The SMILES string of the molecule is COC[C@H]1NC(=O)CC/C=C\[C@H]2O[C@]34C=CCN(C(C)(C)CC(C)(C)C)C(=O)[C@H]3N(CCCCO)C(=O)[C@@H]4[C@H]2C(=O)O[C@@H]1c1ccccc1. The first kappa shape index (κ1) is 36.7.